The topological polar surface area (TPSA) is 62.7 Å². The van der Waals surface area contributed by atoms with Gasteiger partial charge in [0.25, 0.3) is 0 Å². The number of amides is 1. The Morgan fingerprint density at radius 3 is 2.87 bits per heavy atom. The fourth-order valence-corrected chi connectivity index (χ4v) is 2.14. The number of nitrogens with zero attached hydrogens (tertiary/aromatic N) is 2. The van der Waals surface area contributed by atoms with Gasteiger partial charge in [-0.1, -0.05) is 13.8 Å². The summed E-state index contributed by atoms with van der Waals surface area (Å²) in [4.78, 5) is 11.2. The summed E-state index contributed by atoms with van der Waals surface area (Å²) in [6.45, 7) is 4.77. The Bertz CT molecular complexity index is 434. The molecule has 1 atom stereocenters. The fraction of sp³-hybridized carbons (Fsp3) is 0.667. The van der Waals surface area contributed by atoms with Crippen LogP contribution in [0.4, 0.5) is 0 Å². The maximum absolute atomic E-state index is 11.2. The van der Waals surface area contributed by atoms with Crippen molar-refractivity contribution in [2.45, 2.75) is 32.2 Å². The van der Waals surface area contributed by atoms with Crippen LogP contribution in [-0.2, 0) is 4.79 Å². The van der Waals surface area contributed by atoms with Crippen molar-refractivity contribution in [3.63, 3.8) is 0 Å². The van der Waals surface area contributed by atoms with Gasteiger partial charge in [-0.25, -0.2) is 0 Å². The van der Waals surface area contributed by atoms with Crippen LogP contribution in [0.5, 0.6) is 0 Å². The van der Waals surface area contributed by atoms with Crippen LogP contribution < -0.4 is 5.32 Å². The molecule has 1 unspecified atom stereocenters. The molecule has 2 heterocycles. The van der Waals surface area contributed by atoms with Gasteiger partial charge in [0, 0.05) is 18.9 Å². The van der Waals surface area contributed by atoms with E-state index in [1.54, 1.807) is 0 Å². The van der Waals surface area contributed by atoms with Crippen molar-refractivity contribution in [1.29, 1.82) is 0 Å². The van der Waals surface area contributed by atoms with E-state index in [4.69, 9.17) is 12.2 Å². The summed E-state index contributed by atoms with van der Waals surface area (Å²) in [5.74, 6) is 1.30. The van der Waals surface area contributed by atoms with Gasteiger partial charge >= 0.3 is 0 Å². The van der Waals surface area contributed by atoms with Crippen LogP contribution >= 0.6 is 12.2 Å². The molecular formula is C9H14N4OS. The third-order valence-electron chi connectivity index (χ3n) is 2.57. The Balaban J connectivity index is 2.38. The lowest BCUT2D eigenvalue weighted by molar-refractivity contribution is -0.119. The van der Waals surface area contributed by atoms with Crippen LogP contribution in [0.1, 0.15) is 38.1 Å². The summed E-state index contributed by atoms with van der Waals surface area (Å²) in [5, 5.41) is 9.78. The van der Waals surface area contributed by atoms with Crippen molar-refractivity contribution >= 4 is 18.1 Å². The van der Waals surface area contributed by atoms with Gasteiger partial charge in [0.1, 0.15) is 5.82 Å². The van der Waals surface area contributed by atoms with E-state index in [2.05, 4.69) is 29.4 Å². The Hall–Kier alpha value is -1.17. The van der Waals surface area contributed by atoms with Crippen molar-refractivity contribution in [3.05, 3.63) is 10.6 Å². The number of rotatable bonds is 2. The van der Waals surface area contributed by atoms with E-state index >= 15 is 0 Å². The molecule has 0 radical (unpaired) electrons. The second-order valence-corrected chi connectivity index (χ2v) is 4.46. The first-order valence-electron chi connectivity index (χ1n) is 5.03. The highest BCUT2D eigenvalue weighted by Gasteiger charge is 2.26. The van der Waals surface area contributed by atoms with E-state index < -0.39 is 0 Å². The summed E-state index contributed by atoms with van der Waals surface area (Å²) in [6, 6.07) is 0.112. The highest BCUT2D eigenvalue weighted by Crippen LogP contribution is 2.22. The van der Waals surface area contributed by atoms with Crippen LogP contribution in [0.2, 0.25) is 0 Å². The zero-order valence-electron chi connectivity index (χ0n) is 8.78. The predicted octanol–water partition coefficient (Wildman–Crippen LogP) is 1.13. The predicted molar refractivity (Wildman–Crippen MR) is 58.2 cm³/mol. The molecule has 0 spiro atoms. The second-order valence-electron chi connectivity index (χ2n) is 4.07. The van der Waals surface area contributed by atoms with Gasteiger partial charge in [-0.15, -0.1) is 0 Å². The lowest BCUT2D eigenvalue weighted by atomic mass is 10.2. The quantitative estimate of drug-likeness (QED) is 0.743. The summed E-state index contributed by atoms with van der Waals surface area (Å²) >= 11 is 5.17. The van der Waals surface area contributed by atoms with Gasteiger partial charge in [0.15, 0.2) is 4.77 Å². The van der Waals surface area contributed by atoms with Gasteiger partial charge < -0.3 is 5.32 Å². The van der Waals surface area contributed by atoms with Crippen LogP contribution in [-0.4, -0.2) is 27.2 Å². The number of nitrogens with one attached hydrogen (secondary N) is 2. The molecule has 15 heavy (non-hydrogen) atoms. The lowest BCUT2D eigenvalue weighted by Gasteiger charge is -2.13. The average Bonchev–Trinajstić information content (AvgIpc) is 2.71. The molecule has 2 rings (SSSR count). The van der Waals surface area contributed by atoms with E-state index in [0.29, 0.717) is 23.7 Å². The van der Waals surface area contributed by atoms with E-state index in [9.17, 15) is 4.79 Å². The standard InChI is InChI=1S/C9H14N4OS/c1-5(2)8-11-12-9(15)13(8)6-3-7(14)10-4-6/h5-6H,3-4H2,1-2H3,(H,10,14)(H,12,15). The Kier molecular flexibility index (Phi) is 2.60. The van der Waals surface area contributed by atoms with Crippen LogP contribution in [0.15, 0.2) is 0 Å². The molecule has 1 aromatic heterocycles. The fourth-order valence-electron chi connectivity index (χ4n) is 1.85. The number of hydrogen-bond donors (Lipinski definition) is 2. The minimum atomic E-state index is 0.0813. The number of aromatic amines is 1. The molecule has 1 amide bonds. The molecule has 1 fully saturated rings. The summed E-state index contributed by atoms with van der Waals surface area (Å²) < 4.78 is 2.55. The molecule has 6 heteroatoms. The first-order valence-corrected chi connectivity index (χ1v) is 5.44. The molecule has 1 aromatic rings. The lowest BCUT2D eigenvalue weighted by Crippen LogP contribution is -2.17. The third-order valence-corrected chi connectivity index (χ3v) is 2.86. The minimum Gasteiger partial charge on any atom is -0.354 e. The highest BCUT2D eigenvalue weighted by molar-refractivity contribution is 7.71. The maximum Gasteiger partial charge on any atom is 0.222 e. The zero-order valence-corrected chi connectivity index (χ0v) is 9.60. The minimum absolute atomic E-state index is 0.0813. The van der Waals surface area contributed by atoms with Crippen molar-refractivity contribution < 1.29 is 4.79 Å². The first kappa shape index (κ1) is 10.4. The van der Waals surface area contributed by atoms with E-state index in [1.165, 1.54) is 0 Å². The smallest absolute Gasteiger partial charge is 0.222 e. The number of hydrogen-bond acceptors (Lipinski definition) is 3. The average molecular weight is 226 g/mol. The molecule has 2 N–H and O–H groups in total. The molecule has 82 valence electrons. The van der Waals surface area contributed by atoms with Crippen molar-refractivity contribution in [1.82, 2.24) is 20.1 Å². The summed E-state index contributed by atoms with van der Waals surface area (Å²) in [7, 11) is 0. The Labute approximate surface area is 92.9 Å². The number of H-pyrrole nitrogens is 1. The number of aromatic nitrogens is 3. The van der Waals surface area contributed by atoms with Crippen molar-refractivity contribution in [2.75, 3.05) is 6.54 Å². The van der Waals surface area contributed by atoms with Crippen molar-refractivity contribution in [2.24, 2.45) is 0 Å². The molecule has 1 aliphatic rings. The van der Waals surface area contributed by atoms with E-state index in [1.807, 2.05) is 4.57 Å². The molecule has 0 saturated carbocycles. The van der Waals surface area contributed by atoms with Gasteiger partial charge in [-0.2, -0.15) is 5.10 Å². The normalized spacial score (nSPS) is 21.0. The largest absolute Gasteiger partial charge is 0.354 e. The SMILES string of the molecule is CC(C)c1n[nH]c(=S)n1C1CNC(=O)C1. The van der Waals surface area contributed by atoms with Gasteiger partial charge in [0.2, 0.25) is 5.91 Å². The molecule has 1 saturated heterocycles. The Morgan fingerprint density at radius 1 is 1.60 bits per heavy atom. The third kappa shape index (κ3) is 1.81. The number of carbonyl (C=O) groups is 1. The Morgan fingerprint density at radius 2 is 2.33 bits per heavy atom. The molecule has 0 aliphatic carbocycles. The van der Waals surface area contributed by atoms with Gasteiger partial charge in [0.05, 0.1) is 6.04 Å². The molecule has 5 nitrogen and oxygen atoms in total. The van der Waals surface area contributed by atoms with Crippen LogP contribution in [0.3, 0.4) is 0 Å². The van der Waals surface area contributed by atoms with E-state index in [-0.39, 0.29) is 11.9 Å². The summed E-state index contributed by atoms with van der Waals surface area (Å²) in [5.41, 5.74) is 0. The highest BCUT2D eigenvalue weighted by atomic mass is 32.1. The second kappa shape index (κ2) is 3.77. The summed E-state index contributed by atoms with van der Waals surface area (Å²) in [6.07, 6.45) is 0.494. The van der Waals surface area contributed by atoms with Gasteiger partial charge in [-0.05, 0) is 12.2 Å². The molecule has 0 bridgehead atoms. The monoisotopic (exact) mass is 226 g/mol. The van der Waals surface area contributed by atoms with Gasteiger partial charge in [-0.3, -0.25) is 14.5 Å². The van der Waals surface area contributed by atoms with Crippen LogP contribution in [0, 0.1) is 4.77 Å². The molecule has 0 aromatic carbocycles. The van der Waals surface area contributed by atoms with Crippen molar-refractivity contribution in [3.8, 4) is 0 Å². The first-order chi connectivity index (χ1) is 7.09. The maximum atomic E-state index is 11.2. The van der Waals surface area contributed by atoms with E-state index in [0.717, 1.165) is 5.82 Å². The van der Waals surface area contributed by atoms with Crippen LogP contribution in [0.25, 0.3) is 0 Å². The number of carbonyl (C=O) groups excluding carboxylic acids is 1. The molecular weight excluding hydrogens is 212 g/mol. The zero-order chi connectivity index (χ0) is 11.0. The molecule has 1 aliphatic heterocycles.